The first-order valence-electron chi connectivity index (χ1n) is 8.95. The number of rotatable bonds is 5. The maximum Gasteiger partial charge on any atom is 0.416 e. The normalized spacial score (nSPS) is 18.1. The molecule has 2 aromatic heterocycles. The van der Waals surface area contributed by atoms with E-state index in [4.69, 9.17) is 5.73 Å². The average molecular weight is 438 g/mol. The average Bonchev–Trinajstić information content (AvgIpc) is 3.33. The van der Waals surface area contributed by atoms with Crippen LogP contribution < -0.4 is 11.1 Å². The molecule has 3 aromatic rings. The molecular formula is C19H18F3N5S2. The van der Waals surface area contributed by atoms with Gasteiger partial charge in [0.15, 0.2) is 5.17 Å². The van der Waals surface area contributed by atoms with Crippen LogP contribution in [-0.2, 0) is 12.6 Å². The fraction of sp³-hybridized carbons (Fsp3) is 0.316. The summed E-state index contributed by atoms with van der Waals surface area (Å²) in [7, 11) is 0. The van der Waals surface area contributed by atoms with E-state index in [9.17, 15) is 13.2 Å². The summed E-state index contributed by atoms with van der Waals surface area (Å²) in [6.07, 6.45) is -0.292. The van der Waals surface area contributed by atoms with Gasteiger partial charge in [-0.1, -0.05) is 23.9 Å². The Labute approximate surface area is 173 Å². The number of thiazole rings is 1. The van der Waals surface area contributed by atoms with Gasteiger partial charge in [-0.25, -0.2) is 4.98 Å². The number of fused-ring (bicyclic) bond motifs is 1. The van der Waals surface area contributed by atoms with Crippen LogP contribution in [0.5, 0.6) is 0 Å². The quantitative estimate of drug-likeness (QED) is 0.631. The van der Waals surface area contributed by atoms with Gasteiger partial charge in [-0.3, -0.25) is 9.98 Å². The van der Waals surface area contributed by atoms with E-state index in [1.807, 2.05) is 12.3 Å². The van der Waals surface area contributed by atoms with E-state index >= 15 is 0 Å². The molecule has 1 aliphatic heterocycles. The van der Waals surface area contributed by atoms with Gasteiger partial charge in [0.1, 0.15) is 5.01 Å². The molecule has 3 N–H and O–H groups in total. The van der Waals surface area contributed by atoms with Gasteiger partial charge in [0.2, 0.25) is 0 Å². The summed E-state index contributed by atoms with van der Waals surface area (Å²) in [5, 5.41) is 5.25. The zero-order valence-electron chi connectivity index (χ0n) is 15.2. The molecule has 1 aromatic carbocycles. The van der Waals surface area contributed by atoms with Crippen molar-refractivity contribution in [1.82, 2.24) is 15.3 Å². The van der Waals surface area contributed by atoms with Crippen LogP contribution in [0.4, 0.5) is 13.2 Å². The smallest absolute Gasteiger partial charge is 0.363 e. The molecule has 152 valence electrons. The van der Waals surface area contributed by atoms with Crippen molar-refractivity contribution in [2.45, 2.75) is 23.9 Å². The molecule has 4 rings (SSSR count). The van der Waals surface area contributed by atoms with E-state index in [1.165, 1.54) is 12.1 Å². The number of halogens is 3. The lowest BCUT2D eigenvalue weighted by atomic mass is 10.0. The van der Waals surface area contributed by atoms with Crippen LogP contribution in [0.2, 0.25) is 0 Å². The molecule has 0 spiro atoms. The summed E-state index contributed by atoms with van der Waals surface area (Å²) in [5.74, 6) is 0. The molecule has 2 atom stereocenters. The number of amidine groups is 1. The molecule has 0 saturated carbocycles. The zero-order valence-corrected chi connectivity index (χ0v) is 16.8. The highest BCUT2D eigenvalue weighted by Crippen LogP contribution is 2.38. The molecule has 0 fully saturated rings. The summed E-state index contributed by atoms with van der Waals surface area (Å²) >= 11 is 3.24. The highest BCUT2D eigenvalue weighted by molar-refractivity contribution is 8.14. The topological polar surface area (TPSA) is 76.2 Å². The molecule has 29 heavy (non-hydrogen) atoms. The van der Waals surface area contributed by atoms with Crippen molar-refractivity contribution in [1.29, 1.82) is 0 Å². The van der Waals surface area contributed by atoms with Crippen LogP contribution in [0.25, 0.3) is 10.2 Å². The van der Waals surface area contributed by atoms with Crippen LogP contribution in [0.15, 0.2) is 47.7 Å². The van der Waals surface area contributed by atoms with Gasteiger partial charge in [-0.15, -0.1) is 11.3 Å². The number of alkyl halides is 3. The standard InChI is InChI=1S/C19H18F3N5S2/c20-19(21,22)12-3-1-11(2-4-12)7-13(23)8-25-18-26-10-16(29-18)17-27-14-5-6-24-9-15(14)28-17/h1-6,9,13,16H,7-8,10,23H2,(H,25,26)/t13-,16?/m0/s1. The van der Waals surface area contributed by atoms with Crippen molar-refractivity contribution in [2.75, 3.05) is 13.1 Å². The SMILES string of the molecule is N[C@H](CNC1=NCC(c2nc3ccncc3s2)S1)Cc1ccc(C(F)(F)F)cc1. The molecule has 0 aliphatic carbocycles. The Kier molecular flexibility index (Phi) is 5.75. The first-order chi connectivity index (χ1) is 13.9. The molecule has 1 aliphatic rings. The maximum atomic E-state index is 12.6. The Morgan fingerprint density at radius 1 is 1.21 bits per heavy atom. The Balaban J connectivity index is 1.27. The number of nitrogens with two attached hydrogens (primary N) is 1. The number of nitrogens with zero attached hydrogens (tertiary/aromatic N) is 3. The molecule has 5 nitrogen and oxygen atoms in total. The van der Waals surface area contributed by atoms with Gasteiger partial charge in [0.25, 0.3) is 0 Å². The van der Waals surface area contributed by atoms with E-state index in [1.54, 1.807) is 29.3 Å². The molecule has 3 heterocycles. The van der Waals surface area contributed by atoms with E-state index in [2.05, 4.69) is 20.3 Å². The number of pyridine rings is 1. The maximum absolute atomic E-state index is 12.6. The van der Waals surface area contributed by atoms with Gasteiger partial charge in [-0.05, 0) is 30.2 Å². The number of aliphatic imine (C=N–C) groups is 1. The minimum atomic E-state index is -4.32. The second-order valence-electron chi connectivity index (χ2n) is 6.69. The summed E-state index contributed by atoms with van der Waals surface area (Å²) in [6.45, 7) is 1.14. The number of hydrogen-bond donors (Lipinski definition) is 2. The third-order valence-corrected chi connectivity index (χ3v) is 6.85. The van der Waals surface area contributed by atoms with E-state index < -0.39 is 11.7 Å². The second-order valence-corrected chi connectivity index (χ2v) is 8.94. The predicted octanol–water partition coefficient (Wildman–Crippen LogP) is 4.01. The predicted molar refractivity (Wildman–Crippen MR) is 111 cm³/mol. The molecule has 0 saturated heterocycles. The Morgan fingerprint density at radius 2 is 2.00 bits per heavy atom. The van der Waals surface area contributed by atoms with Crippen molar-refractivity contribution in [3.8, 4) is 0 Å². The second kappa shape index (κ2) is 8.29. The van der Waals surface area contributed by atoms with Crippen LogP contribution >= 0.6 is 23.1 Å². The summed E-state index contributed by atoms with van der Waals surface area (Å²) in [5.41, 5.74) is 7.20. The van der Waals surface area contributed by atoms with Gasteiger partial charge in [-0.2, -0.15) is 13.2 Å². The van der Waals surface area contributed by atoms with Crippen molar-refractivity contribution in [3.63, 3.8) is 0 Å². The van der Waals surface area contributed by atoms with E-state index in [0.29, 0.717) is 19.5 Å². The number of nitrogens with one attached hydrogen (secondary N) is 1. The molecule has 0 amide bonds. The van der Waals surface area contributed by atoms with Crippen LogP contribution in [0, 0.1) is 0 Å². The van der Waals surface area contributed by atoms with Crippen molar-refractivity contribution >= 4 is 38.5 Å². The first kappa shape index (κ1) is 20.1. The number of aromatic nitrogens is 2. The van der Waals surface area contributed by atoms with Gasteiger partial charge >= 0.3 is 6.18 Å². The number of thioether (sulfide) groups is 1. The Morgan fingerprint density at radius 3 is 2.72 bits per heavy atom. The molecule has 10 heteroatoms. The highest BCUT2D eigenvalue weighted by atomic mass is 32.2. The third kappa shape index (κ3) is 4.88. The van der Waals surface area contributed by atoms with Crippen LogP contribution in [-0.4, -0.2) is 34.3 Å². The monoisotopic (exact) mass is 437 g/mol. The Bertz CT molecular complexity index is 984. The molecular weight excluding hydrogens is 419 g/mol. The minimum absolute atomic E-state index is 0.168. The van der Waals surface area contributed by atoms with E-state index in [0.717, 1.165) is 38.1 Å². The number of hydrogen-bond acceptors (Lipinski definition) is 7. The Hall–Kier alpha value is -2.17. The first-order valence-corrected chi connectivity index (χ1v) is 10.7. The molecule has 0 bridgehead atoms. The lowest BCUT2D eigenvalue weighted by Crippen LogP contribution is -2.37. The van der Waals surface area contributed by atoms with Crippen LogP contribution in [0.3, 0.4) is 0 Å². The zero-order chi connectivity index (χ0) is 20.4. The van der Waals surface area contributed by atoms with Gasteiger partial charge in [0.05, 0.1) is 27.6 Å². The lowest BCUT2D eigenvalue weighted by molar-refractivity contribution is -0.137. The van der Waals surface area contributed by atoms with Crippen molar-refractivity contribution in [3.05, 3.63) is 58.9 Å². The lowest BCUT2D eigenvalue weighted by Gasteiger charge is -2.14. The van der Waals surface area contributed by atoms with Crippen molar-refractivity contribution in [2.24, 2.45) is 10.7 Å². The fourth-order valence-corrected chi connectivity index (χ4v) is 5.04. The summed E-state index contributed by atoms with van der Waals surface area (Å²) in [4.78, 5) is 13.3. The van der Waals surface area contributed by atoms with Crippen LogP contribution in [0.1, 0.15) is 21.4 Å². The minimum Gasteiger partial charge on any atom is -0.363 e. The third-order valence-electron chi connectivity index (χ3n) is 4.43. The summed E-state index contributed by atoms with van der Waals surface area (Å²) < 4.78 is 39.0. The summed E-state index contributed by atoms with van der Waals surface area (Å²) in [6, 6.07) is 6.79. The highest BCUT2D eigenvalue weighted by Gasteiger charge is 2.30. The number of benzene rings is 1. The fourth-order valence-electron chi connectivity index (χ4n) is 2.96. The van der Waals surface area contributed by atoms with Gasteiger partial charge < -0.3 is 11.1 Å². The molecule has 0 radical (unpaired) electrons. The molecule has 1 unspecified atom stereocenters. The van der Waals surface area contributed by atoms with Gasteiger partial charge in [0, 0.05) is 25.0 Å². The largest absolute Gasteiger partial charge is 0.416 e. The van der Waals surface area contributed by atoms with E-state index in [-0.39, 0.29) is 11.3 Å². The van der Waals surface area contributed by atoms with Crippen molar-refractivity contribution < 1.29 is 13.2 Å².